The van der Waals surface area contributed by atoms with E-state index in [-0.39, 0.29) is 5.56 Å². The van der Waals surface area contributed by atoms with Gasteiger partial charge < -0.3 is 15.2 Å². The highest BCUT2D eigenvalue weighted by Crippen LogP contribution is 2.23. The summed E-state index contributed by atoms with van der Waals surface area (Å²) in [6.07, 6.45) is 0. The van der Waals surface area contributed by atoms with Gasteiger partial charge in [0.15, 0.2) is 24.0 Å². The minimum atomic E-state index is -0.946. The quantitative estimate of drug-likeness (QED) is 0.812. The van der Waals surface area contributed by atoms with Gasteiger partial charge in [0, 0.05) is 6.54 Å². The normalized spacial score (nSPS) is 10.1. The summed E-state index contributed by atoms with van der Waals surface area (Å²) >= 11 is 0. The van der Waals surface area contributed by atoms with E-state index in [1.54, 1.807) is 6.92 Å². The maximum Gasteiger partial charge on any atom is 0.257 e. The predicted octanol–water partition coefficient (Wildman–Crippen LogP) is 0.972. The predicted molar refractivity (Wildman–Crippen MR) is 56.5 cm³/mol. The number of benzene rings is 1. The van der Waals surface area contributed by atoms with Crippen molar-refractivity contribution in [3.63, 3.8) is 0 Å². The van der Waals surface area contributed by atoms with Crippen molar-refractivity contribution < 1.29 is 23.4 Å². The second-order valence-electron chi connectivity index (χ2n) is 3.29. The summed E-state index contributed by atoms with van der Waals surface area (Å²) in [5, 5.41) is 11.2. The smallest absolute Gasteiger partial charge is 0.257 e. The van der Waals surface area contributed by atoms with Gasteiger partial charge in [0.1, 0.15) is 0 Å². The summed E-state index contributed by atoms with van der Waals surface area (Å²) in [7, 11) is 0. The zero-order valence-electron chi connectivity index (χ0n) is 9.30. The molecule has 0 aliphatic heterocycles. The molecule has 2 N–H and O–H groups in total. The van der Waals surface area contributed by atoms with Gasteiger partial charge in [-0.1, -0.05) is 0 Å². The number of nitrogens with one attached hydrogen (secondary N) is 1. The minimum Gasteiger partial charge on any atom is -0.478 e. The summed E-state index contributed by atoms with van der Waals surface area (Å²) < 4.78 is 31.4. The monoisotopic (exact) mass is 245 g/mol. The number of rotatable bonds is 5. The molecule has 0 spiro atoms. The summed E-state index contributed by atoms with van der Waals surface area (Å²) in [5.41, 5.74) is 0.102. The molecule has 4 nitrogen and oxygen atoms in total. The molecule has 0 saturated heterocycles. The van der Waals surface area contributed by atoms with Crippen molar-refractivity contribution in [3.8, 4) is 5.75 Å². The number of ether oxygens (including phenoxy) is 1. The third-order valence-electron chi connectivity index (χ3n) is 1.96. The standard InChI is InChI=1S/C11H13F2NO3/c1-2-14-10(16)6-17-11-8(12)3-7(5-15)4-9(11)13/h3-4,15H,2,5-6H2,1H3,(H,14,16). The van der Waals surface area contributed by atoms with Gasteiger partial charge >= 0.3 is 0 Å². The number of hydrogen-bond donors (Lipinski definition) is 2. The van der Waals surface area contributed by atoms with Crippen LogP contribution in [0.1, 0.15) is 12.5 Å². The van der Waals surface area contributed by atoms with Crippen molar-refractivity contribution in [2.75, 3.05) is 13.2 Å². The number of halogens is 2. The molecule has 17 heavy (non-hydrogen) atoms. The number of hydrogen-bond acceptors (Lipinski definition) is 3. The molecule has 1 aromatic rings. The molecular formula is C11H13F2NO3. The van der Waals surface area contributed by atoms with Gasteiger partial charge in [-0.25, -0.2) is 8.78 Å². The van der Waals surface area contributed by atoms with E-state index in [0.717, 1.165) is 12.1 Å². The van der Waals surface area contributed by atoms with Gasteiger partial charge in [-0.2, -0.15) is 0 Å². The summed E-state index contributed by atoms with van der Waals surface area (Å²) in [6.45, 7) is 1.20. The van der Waals surface area contributed by atoms with E-state index >= 15 is 0 Å². The van der Waals surface area contributed by atoms with Crippen LogP contribution < -0.4 is 10.1 Å². The molecule has 0 heterocycles. The molecule has 0 atom stereocenters. The van der Waals surface area contributed by atoms with Gasteiger partial charge in [-0.05, 0) is 24.6 Å². The fourth-order valence-electron chi connectivity index (χ4n) is 1.23. The molecule has 94 valence electrons. The highest BCUT2D eigenvalue weighted by atomic mass is 19.1. The first kappa shape index (κ1) is 13.4. The second-order valence-corrected chi connectivity index (χ2v) is 3.29. The molecule has 0 saturated carbocycles. The largest absolute Gasteiger partial charge is 0.478 e. The molecule has 0 aromatic heterocycles. The van der Waals surface area contributed by atoms with E-state index in [1.165, 1.54) is 0 Å². The Labute approximate surface area is 97.2 Å². The van der Waals surface area contributed by atoms with Crippen LogP contribution in [-0.4, -0.2) is 24.2 Å². The van der Waals surface area contributed by atoms with E-state index < -0.39 is 36.5 Å². The van der Waals surface area contributed by atoms with Crippen LogP contribution in [-0.2, 0) is 11.4 Å². The molecule has 0 bridgehead atoms. The van der Waals surface area contributed by atoms with E-state index in [2.05, 4.69) is 5.32 Å². The Hall–Kier alpha value is -1.69. The second kappa shape index (κ2) is 6.15. The summed E-state index contributed by atoms with van der Waals surface area (Å²) in [4.78, 5) is 11.0. The zero-order valence-corrected chi connectivity index (χ0v) is 9.30. The van der Waals surface area contributed by atoms with Crippen molar-refractivity contribution in [2.45, 2.75) is 13.5 Å². The SMILES string of the molecule is CCNC(=O)COc1c(F)cc(CO)cc1F. The molecule has 0 unspecified atom stereocenters. The zero-order chi connectivity index (χ0) is 12.8. The van der Waals surface area contributed by atoms with Crippen LogP contribution in [0.15, 0.2) is 12.1 Å². The lowest BCUT2D eigenvalue weighted by Gasteiger charge is -2.09. The Bertz CT molecular complexity index is 387. The van der Waals surface area contributed by atoms with E-state index in [0.29, 0.717) is 6.54 Å². The first-order chi connectivity index (χ1) is 8.08. The van der Waals surface area contributed by atoms with Crippen LogP contribution in [0.2, 0.25) is 0 Å². The van der Waals surface area contributed by atoms with E-state index in [9.17, 15) is 13.6 Å². The lowest BCUT2D eigenvalue weighted by Crippen LogP contribution is -2.28. The number of aliphatic hydroxyl groups excluding tert-OH is 1. The number of likely N-dealkylation sites (N-methyl/N-ethyl adjacent to an activating group) is 1. The third-order valence-corrected chi connectivity index (χ3v) is 1.96. The Morgan fingerprint density at radius 3 is 2.47 bits per heavy atom. The number of carbonyl (C=O) groups excluding carboxylic acids is 1. The van der Waals surface area contributed by atoms with Gasteiger partial charge in [0.25, 0.3) is 5.91 Å². The number of amides is 1. The molecule has 1 amide bonds. The van der Waals surface area contributed by atoms with Crippen LogP contribution in [0.3, 0.4) is 0 Å². The van der Waals surface area contributed by atoms with Gasteiger partial charge in [-0.15, -0.1) is 0 Å². The molecular weight excluding hydrogens is 232 g/mol. The summed E-state index contributed by atoms with van der Waals surface area (Å²) in [6, 6.07) is 1.91. The average Bonchev–Trinajstić information content (AvgIpc) is 2.28. The molecule has 0 fully saturated rings. The van der Waals surface area contributed by atoms with Crippen LogP contribution >= 0.6 is 0 Å². The Morgan fingerprint density at radius 1 is 1.41 bits per heavy atom. The first-order valence-corrected chi connectivity index (χ1v) is 5.06. The topological polar surface area (TPSA) is 58.6 Å². The first-order valence-electron chi connectivity index (χ1n) is 5.06. The van der Waals surface area contributed by atoms with E-state index in [4.69, 9.17) is 9.84 Å². The van der Waals surface area contributed by atoms with Gasteiger partial charge in [0.2, 0.25) is 0 Å². The molecule has 1 aromatic carbocycles. The Kier molecular flexibility index (Phi) is 4.84. The molecule has 6 heteroatoms. The van der Waals surface area contributed by atoms with Crippen LogP contribution in [0.5, 0.6) is 5.75 Å². The highest BCUT2D eigenvalue weighted by molar-refractivity contribution is 5.77. The lowest BCUT2D eigenvalue weighted by molar-refractivity contribution is -0.123. The average molecular weight is 245 g/mol. The van der Waals surface area contributed by atoms with Crippen molar-refractivity contribution >= 4 is 5.91 Å². The van der Waals surface area contributed by atoms with Gasteiger partial charge in [-0.3, -0.25) is 4.79 Å². The maximum atomic E-state index is 13.3. The minimum absolute atomic E-state index is 0.102. The third kappa shape index (κ3) is 3.67. The van der Waals surface area contributed by atoms with Crippen molar-refractivity contribution in [2.24, 2.45) is 0 Å². The van der Waals surface area contributed by atoms with Crippen LogP contribution in [0, 0.1) is 11.6 Å². The van der Waals surface area contributed by atoms with Crippen molar-refractivity contribution in [1.29, 1.82) is 0 Å². The number of aliphatic hydroxyl groups is 1. The van der Waals surface area contributed by atoms with E-state index in [1.807, 2.05) is 0 Å². The highest BCUT2D eigenvalue weighted by Gasteiger charge is 2.13. The molecule has 1 rings (SSSR count). The fourth-order valence-corrected chi connectivity index (χ4v) is 1.23. The number of carbonyl (C=O) groups is 1. The van der Waals surface area contributed by atoms with Crippen LogP contribution in [0.4, 0.5) is 8.78 Å². The lowest BCUT2D eigenvalue weighted by atomic mass is 10.2. The maximum absolute atomic E-state index is 13.3. The van der Waals surface area contributed by atoms with Crippen molar-refractivity contribution in [3.05, 3.63) is 29.3 Å². The molecule has 0 radical (unpaired) electrons. The van der Waals surface area contributed by atoms with Crippen molar-refractivity contribution in [1.82, 2.24) is 5.32 Å². The molecule has 0 aliphatic carbocycles. The van der Waals surface area contributed by atoms with Gasteiger partial charge in [0.05, 0.1) is 6.61 Å². The summed E-state index contributed by atoms with van der Waals surface area (Å²) in [5.74, 6) is -2.97. The molecule has 0 aliphatic rings. The fraction of sp³-hybridized carbons (Fsp3) is 0.364. The Balaban J connectivity index is 2.74. The van der Waals surface area contributed by atoms with Crippen LogP contribution in [0.25, 0.3) is 0 Å². The Morgan fingerprint density at radius 2 is 2.00 bits per heavy atom.